The lowest BCUT2D eigenvalue weighted by Crippen LogP contribution is -2.06. The highest BCUT2D eigenvalue weighted by molar-refractivity contribution is 5.43. The molecule has 1 aromatic heterocycles. The van der Waals surface area contributed by atoms with Crippen molar-refractivity contribution in [3.63, 3.8) is 0 Å². The number of aromatic nitrogens is 1. The molecule has 106 valence electrons. The molecule has 0 amide bonds. The third kappa shape index (κ3) is 3.45. The Morgan fingerprint density at radius 2 is 2.05 bits per heavy atom. The molecule has 0 aliphatic carbocycles. The van der Waals surface area contributed by atoms with Gasteiger partial charge in [0.25, 0.3) is 0 Å². The molecule has 1 aromatic carbocycles. The molecule has 5 heteroatoms. The second-order valence-corrected chi connectivity index (χ2v) is 4.50. The van der Waals surface area contributed by atoms with E-state index in [1.54, 1.807) is 19.4 Å². The van der Waals surface area contributed by atoms with E-state index in [0.717, 1.165) is 11.8 Å². The summed E-state index contributed by atoms with van der Waals surface area (Å²) >= 11 is 0. The Morgan fingerprint density at radius 1 is 1.25 bits per heavy atom. The average molecular weight is 276 g/mol. The number of hydrogen-bond acceptors (Lipinski definition) is 4. The highest BCUT2D eigenvalue weighted by Gasteiger charge is 2.08. The first-order valence-electron chi connectivity index (χ1n) is 6.26. The number of nitrogens with two attached hydrogens (primary N) is 1. The molecule has 2 N–H and O–H groups in total. The first-order valence-corrected chi connectivity index (χ1v) is 6.26. The van der Waals surface area contributed by atoms with Gasteiger partial charge in [0, 0.05) is 17.8 Å². The maximum absolute atomic E-state index is 13.0. The standard InChI is InChI=1S/C15H17FN2O2/c1-10(17)12-3-4-14(15(6-12)19-2)20-9-11-5-13(16)8-18-7-11/h3-8,10H,9,17H2,1-2H3/t10-/m0/s1. The zero-order chi connectivity index (χ0) is 14.5. The quantitative estimate of drug-likeness (QED) is 0.912. The molecule has 0 saturated carbocycles. The first-order chi connectivity index (χ1) is 9.60. The number of rotatable bonds is 5. The van der Waals surface area contributed by atoms with Crippen LogP contribution < -0.4 is 15.2 Å². The minimum Gasteiger partial charge on any atom is -0.493 e. The molecular formula is C15H17FN2O2. The second-order valence-electron chi connectivity index (χ2n) is 4.50. The van der Waals surface area contributed by atoms with Crippen molar-refractivity contribution >= 4 is 0 Å². The van der Waals surface area contributed by atoms with E-state index in [-0.39, 0.29) is 18.5 Å². The van der Waals surface area contributed by atoms with Gasteiger partial charge in [-0.05, 0) is 30.7 Å². The maximum atomic E-state index is 13.0. The molecule has 4 nitrogen and oxygen atoms in total. The van der Waals surface area contributed by atoms with Gasteiger partial charge in [0.2, 0.25) is 0 Å². The van der Waals surface area contributed by atoms with E-state index < -0.39 is 0 Å². The molecule has 0 radical (unpaired) electrons. The summed E-state index contributed by atoms with van der Waals surface area (Å²) in [4.78, 5) is 3.77. The largest absolute Gasteiger partial charge is 0.493 e. The molecule has 0 aliphatic heterocycles. The summed E-state index contributed by atoms with van der Waals surface area (Å²) in [6.07, 6.45) is 2.72. The lowest BCUT2D eigenvalue weighted by Gasteiger charge is -2.13. The lowest BCUT2D eigenvalue weighted by molar-refractivity contribution is 0.283. The number of pyridine rings is 1. The fourth-order valence-electron chi connectivity index (χ4n) is 1.78. The van der Waals surface area contributed by atoms with Crippen molar-refractivity contribution < 1.29 is 13.9 Å². The van der Waals surface area contributed by atoms with Crippen molar-refractivity contribution in [1.82, 2.24) is 4.98 Å². The average Bonchev–Trinajstić information content (AvgIpc) is 2.45. The SMILES string of the molecule is COc1cc([C@H](C)N)ccc1OCc1cncc(F)c1. The molecule has 2 rings (SSSR count). The van der Waals surface area contributed by atoms with Crippen molar-refractivity contribution in [3.05, 3.63) is 53.6 Å². The van der Waals surface area contributed by atoms with Crippen molar-refractivity contribution in [3.8, 4) is 11.5 Å². The molecule has 1 heterocycles. The van der Waals surface area contributed by atoms with Gasteiger partial charge in [-0.3, -0.25) is 4.98 Å². The second kappa shape index (κ2) is 6.34. The fraction of sp³-hybridized carbons (Fsp3) is 0.267. The van der Waals surface area contributed by atoms with Crippen LogP contribution in [-0.2, 0) is 6.61 Å². The monoisotopic (exact) mass is 276 g/mol. The van der Waals surface area contributed by atoms with Crippen LogP contribution in [0.5, 0.6) is 11.5 Å². The predicted octanol–water partition coefficient (Wildman–Crippen LogP) is 2.83. The Hall–Kier alpha value is -2.14. The Kier molecular flexibility index (Phi) is 4.53. The van der Waals surface area contributed by atoms with Crippen LogP contribution in [0.4, 0.5) is 4.39 Å². The number of methoxy groups -OCH3 is 1. The normalized spacial score (nSPS) is 12.0. The molecule has 0 fully saturated rings. The van der Waals surface area contributed by atoms with Gasteiger partial charge < -0.3 is 15.2 Å². The molecule has 0 unspecified atom stereocenters. The van der Waals surface area contributed by atoms with Crippen molar-refractivity contribution in [2.75, 3.05) is 7.11 Å². The summed E-state index contributed by atoms with van der Waals surface area (Å²) in [7, 11) is 1.57. The van der Waals surface area contributed by atoms with Crippen LogP contribution in [0, 0.1) is 5.82 Å². The Bertz CT molecular complexity index is 588. The van der Waals surface area contributed by atoms with Crippen molar-refractivity contribution in [1.29, 1.82) is 0 Å². The summed E-state index contributed by atoms with van der Waals surface area (Å²) in [6, 6.07) is 6.82. The summed E-state index contributed by atoms with van der Waals surface area (Å²) < 4.78 is 23.9. The Labute approximate surface area is 117 Å². The highest BCUT2D eigenvalue weighted by atomic mass is 19.1. The van der Waals surface area contributed by atoms with Crippen LogP contribution in [0.3, 0.4) is 0 Å². The lowest BCUT2D eigenvalue weighted by atomic mass is 10.1. The summed E-state index contributed by atoms with van der Waals surface area (Å²) in [5.41, 5.74) is 7.44. The maximum Gasteiger partial charge on any atom is 0.161 e. The molecule has 0 bridgehead atoms. The van der Waals surface area contributed by atoms with Gasteiger partial charge in [0.05, 0.1) is 13.3 Å². The van der Waals surface area contributed by atoms with E-state index in [9.17, 15) is 4.39 Å². The topological polar surface area (TPSA) is 57.4 Å². The van der Waals surface area contributed by atoms with E-state index in [1.807, 2.05) is 19.1 Å². The minimum atomic E-state index is -0.384. The number of halogens is 1. The smallest absolute Gasteiger partial charge is 0.161 e. The molecule has 0 spiro atoms. The minimum absolute atomic E-state index is 0.0784. The number of nitrogens with zero attached hydrogens (tertiary/aromatic N) is 1. The van der Waals surface area contributed by atoms with E-state index in [1.165, 1.54) is 6.07 Å². The molecule has 20 heavy (non-hydrogen) atoms. The third-order valence-electron chi connectivity index (χ3n) is 2.87. The zero-order valence-corrected chi connectivity index (χ0v) is 11.5. The summed E-state index contributed by atoms with van der Waals surface area (Å²) in [5.74, 6) is 0.802. The van der Waals surface area contributed by atoms with E-state index in [2.05, 4.69) is 4.98 Å². The Balaban J connectivity index is 2.13. The molecular weight excluding hydrogens is 259 g/mol. The van der Waals surface area contributed by atoms with Crippen LogP contribution in [0.2, 0.25) is 0 Å². The Morgan fingerprint density at radius 3 is 2.70 bits per heavy atom. The zero-order valence-electron chi connectivity index (χ0n) is 11.5. The third-order valence-corrected chi connectivity index (χ3v) is 2.87. The number of benzene rings is 1. The van der Waals surface area contributed by atoms with Gasteiger partial charge in [0.15, 0.2) is 11.5 Å². The van der Waals surface area contributed by atoms with Gasteiger partial charge in [-0.2, -0.15) is 0 Å². The van der Waals surface area contributed by atoms with E-state index >= 15 is 0 Å². The number of hydrogen-bond donors (Lipinski definition) is 1. The summed E-state index contributed by atoms with van der Waals surface area (Å²) in [5, 5.41) is 0. The van der Waals surface area contributed by atoms with Crippen molar-refractivity contribution in [2.24, 2.45) is 5.73 Å². The first kappa shape index (κ1) is 14.3. The molecule has 2 aromatic rings. The van der Waals surface area contributed by atoms with E-state index in [0.29, 0.717) is 17.1 Å². The van der Waals surface area contributed by atoms with Crippen LogP contribution in [-0.4, -0.2) is 12.1 Å². The van der Waals surface area contributed by atoms with Crippen LogP contribution >= 0.6 is 0 Å². The van der Waals surface area contributed by atoms with Crippen LogP contribution in [0.15, 0.2) is 36.7 Å². The summed E-state index contributed by atoms with van der Waals surface area (Å²) in [6.45, 7) is 2.12. The van der Waals surface area contributed by atoms with Gasteiger partial charge in [-0.25, -0.2) is 4.39 Å². The highest BCUT2D eigenvalue weighted by Crippen LogP contribution is 2.30. The van der Waals surface area contributed by atoms with Gasteiger partial charge in [-0.15, -0.1) is 0 Å². The van der Waals surface area contributed by atoms with Gasteiger partial charge in [0.1, 0.15) is 12.4 Å². The molecule has 1 atom stereocenters. The number of ether oxygens (including phenoxy) is 2. The van der Waals surface area contributed by atoms with Crippen LogP contribution in [0.1, 0.15) is 24.1 Å². The van der Waals surface area contributed by atoms with Crippen LogP contribution in [0.25, 0.3) is 0 Å². The fourth-order valence-corrected chi connectivity index (χ4v) is 1.78. The molecule has 0 saturated heterocycles. The van der Waals surface area contributed by atoms with E-state index in [4.69, 9.17) is 15.2 Å². The van der Waals surface area contributed by atoms with Gasteiger partial charge >= 0.3 is 0 Å². The van der Waals surface area contributed by atoms with Gasteiger partial charge in [-0.1, -0.05) is 6.07 Å². The predicted molar refractivity (Wildman–Crippen MR) is 74.1 cm³/mol. The molecule has 0 aliphatic rings. The van der Waals surface area contributed by atoms with Crippen molar-refractivity contribution in [2.45, 2.75) is 19.6 Å².